The van der Waals surface area contributed by atoms with Gasteiger partial charge in [0, 0.05) is 22.8 Å². The summed E-state index contributed by atoms with van der Waals surface area (Å²) in [7, 11) is 1.38. The Morgan fingerprint density at radius 2 is 1.96 bits per heavy atom. The lowest BCUT2D eigenvalue weighted by molar-refractivity contribution is 0.0600. The molecule has 0 radical (unpaired) electrons. The highest BCUT2D eigenvalue weighted by Crippen LogP contribution is 2.44. The number of aromatic nitrogens is 1. The van der Waals surface area contributed by atoms with Gasteiger partial charge < -0.3 is 10.1 Å². The molecular weight excluding hydrogens is 348 g/mol. The second-order valence-electron chi connectivity index (χ2n) is 7.70. The summed E-state index contributed by atoms with van der Waals surface area (Å²) < 4.78 is 4.99. The first-order chi connectivity index (χ1) is 12.3. The lowest BCUT2D eigenvalue weighted by Crippen LogP contribution is -2.26. The summed E-state index contributed by atoms with van der Waals surface area (Å²) in [6.07, 6.45) is 5.95. The van der Waals surface area contributed by atoms with E-state index in [1.54, 1.807) is 24.5 Å². The molecule has 0 saturated carbocycles. The fourth-order valence-corrected chi connectivity index (χ4v) is 4.72. The van der Waals surface area contributed by atoms with Gasteiger partial charge in [-0.05, 0) is 48.3 Å². The topological polar surface area (TPSA) is 68.3 Å². The second kappa shape index (κ2) is 7.19. The number of hydrogen-bond donors (Lipinski definition) is 1. The summed E-state index contributed by atoms with van der Waals surface area (Å²) in [5.41, 5.74) is 2.28. The molecule has 6 heteroatoms. The largest absolute Gasteiger partial charge is 0.465 e. The van der Waals surface area contributed by atoms with Crippen LogP contribution >= 0.6 is 11.3 Å². The molecule has 2 aromatic rings. The van der Waals surface area contributed by atoms with Crippen LogP contribution in [0.5, 0.6) is 0 Å². The Bertz CT molecular complexity index is 822. The first-order valence-electron chi connectivity index (χ1n) is 8.75. The zero-order chi connectivity index (χ0) is 18.9. The second-order valence-corrected chi connectivity index (χ2v) is 8.80. The summed E-state index contributed by atoms with van der Waals surface area (Å²) >= 11 is 1.50. The van der Waals surface area contributed by atoms with Gasteiger partial charge in [0.15, 0.2) is 0 Å². The van der Waals surface area contributed by atoms with Crippen molar-refractivity contribution in [1.29, 1.82) is 0 Å². The molecule has 2 heterocycles. The Kier molecular flexibility index (Phi) is 5.14. The molecule has 0 aromatic carbocycles. The molecule has 1 aliphatic carbocycles. The Morgan fingerprint density at radius 1 is 1.27 bits per heavy atom. The first-order valence-corrected chi connectivity index (χ1v) is 9.57. The third-order valence-electron chi connectivity index (χ3n) is 5.05. The zero-order valence-corrected chi connectivity index (χ0v) is 16.4. The fourth-order valence-electron chi connectivity index (χ4n) is 3.41. The molecule has 1 atom stereocenters. The molecule has 3 rings (SSSR count). The van der Waals surface area contributed by atoms with Gasteiger partial charge in [-0.25, -0.2) is 4.79 Å². The molecule has 5 nitrogen and oxygen atoms in total. The standard InChI is InChI=1S/C20H24N2O3S/c1-20(2,3)13-5-6-14-15(11-13)26-18(16(14)19(24)25-4)22-17(23)12-7-9-21-10-8-12/h7-10,13H,5-6,11H2,1-4H3,(H,22,23). The van der Waals surface area contributed by atoms with E-state index in [0.717, 1.165) is 24.8 Å². The average Bonchev–Trinajstić information content (AvgIpc) is 2.98. The number of fused-ring (bicyclic) bond motifs is 1. The number of thiophene rings is 1. The van der Waals surface area contributed by atoms with E-state index in [2.05, 4.69) is 31.1 Å². The average molecular weight is 372 g/mol. The summed E-state index contributed by atoms with van der Waals surface area (Å²) in [5, 5.41) is 3.49. The van der Waals surface area contributed by atoms with Crippen LogP contribution in [0.4, 0.5) is 5.00 Å². The number of anilines is 1. The SMILES string of the molecule is COC(=O)c1c(NC(=O)c2ccncc2)sc2c1CCC(C(C)(C)C)C2. The van der Waals surface area contributed by atoms with Crippen LogP contribution in [0.3, 0.4) is 0 Å². The van der Waals surface area contributed by atoms with Crippen LogP contribution in [-0.2, 0) is 17.6 Å². The predicted octanol–water partition coefficient (Wildman–Crippen LogP) is 4.33. The molecule has 2 aromatic heterocycles. The smallest absolute Gasteiger partial charge is 0.341 e. The molecule has 1 aliphatic rings. The van der Waals surface area contributed by atoms with Gasteiger partial charge in [-0.1, -0.05) is 20.8 Å². The van der Waals surface area contributed by atoms with Crippen LogP contribution in [0.2, 0.25) is 0 Å². The van der Waals surface area contributed by atoms with Gasteiger partial charge in [0.2, 0.25) is 0 Å². The lowest BCUT2D eigenvalue weighted by Gasteiger charge is -2.33. The molecule has 0 fully saturated rings. The number of amides is 1. The van der Waals surface area contributed by atoms with E-state index >= 15 is 0 Å². The van der Waals surface area contributed by atoms with Crippen molar-refractivity contribution in [2.75, 3.05) is 12.4 Å². The number of nitrogens with one attached hydrogen (secondary N) is 1. The van der Waals surface area contributed by atoms with Crippen LogP contribution in [0.15, 0.2) is 24.5 Å². The molecule has 138 valence electrons. The highest BCUT2D eigenvalue weighted by molar-refractivity contribution is 7.17. The number of hydrogen-bond acceptors (Lipinski definition) is 5. The highest BCUT2D eigenvalue weighted by Gasteiger charge is 2.34. The number of pyridine rings is 1. The third-order valence-corrected chi connectivity index (χ3v) is 6.22. The number of rotatable bonds is 3. The van der Waals surface area contributed by atoms with E-state index in [1.807, 2.05) is 0 Å². The van der Waals surface area contributed by atoms with Crippen molar-refractivity contribution in [2.45, 2.75) is 40.0 Å². The lowest BCUT2D eigenvalue weighted by atomic mass is 9.72. The van der Waals surface area contributed by atoms with E-state index in [0.29, 0.717) is 22.0 Å². The molecule has 1 N–H and O–H groups in total. The summed E-state index contributed by atoms with van der Waals surface area (Å²) in [5.74, 6) is -0.0758. The van der Waals surface area contributed by atoms with Crippen LogP contribution in [0.1, 0.15) is 58.3 Å². The molecule has 26 heavy (non-hydrogen) atoms. The Balaban J connectivity index is 1.94. The van der Waals surface area contributed by atoms with Crippen molar-refractivity contribution in [3.05, 3.63) is 46.1 Å². The Hall–Kier alpha value is -2.21. The first kappa shape index (κ1) is 18.6. The fraction of sp³-hybridized carbons (Fsp3) is 0.450. The minimum absolute atomic E-state index is 0.216. The van der Waals surface area contributed by atoms with Gasteiger partial charge in [0.1, 0.15) is 5.00 Å². The van der Waals surface area contributed by atoms with Crippen LogP contribution in [0.25, 0.3) is 0 Å². The van der Waals surface area contributed by atoms with E-state index in [1.165, 1.54) is 23.3 Å². The number of methoxy groups -OCH3 is 1. The van der Waals surface area contributed by atoms with Gasteiger partial charge in [0.05, 0.1) is 12.7 Å². The van der Waals surface area contributed by atoms with Crippen molar-refractivity contribution < 1.29 is 14.3 Å². The molecule has 0 bridgehead atoms. The van der Waals surface area contributed by atoms with Gasteiger partial charge in [0.25, 0.3) is 5.91 Å². The van der Waals surface area contributed by atoms with Crippen LogP contribution in [-0.4, -0.2) is 24.0 Å². The molecule has 0 aliphatic heterocycles. The monoisotopic (exact) mass is 372 g/mol. The third kappa shape index (κ3) is 3.65. The van der Waals surface area contributed by atoms with Crippen LogP contribution in [0, 0.1) is 11.3 Å². The minimum Gasteiger partial charge on any atom is -0.465 e. The van der Waals surface area contributed by atoms with E-state index in [4.69, 9.17) is 4.74 Å². The maximum Gasteiger partial charge on any atom is 0.341 e. The number of carbonyl (C=O) groups is 2. The Labute approximate surface area is 157 Å². The maximum atomic E-state index is 12.5. The molecule has 0 spiro atoms. The van der Waals surface area contributed by atoms with E-state index in [-0.39, 0.29) is 17.3 Å². The van der Waals surface area contributed by atoms with Gasteiger partial charge in [-0.3, -0.25) is 9.78 Å². The number of nitrogens with zero attached hydrogens (tertiary/aromatic N) is 1. The maximum absolute atomic E-state index is 12.5. The molecule has 1 amide bonds. The van der Waals surface area contributed by atoms with Gasteiger partial charge in [-0.2, -0.15) is 0 Å². The summed E-state index contributed by atoms with van der Waals surface area (Å²) in [6, 6.07) is 3.30. The summed E-state index contributed by atoms with van der Waals surface area (Å²) in [4.78, 5) is 30.0. The molecular formula is C20H24N2O3S. The van der Waals surface area contributed by atoms with Crippen molar-refractivity contribution in [3.8, 4) is 0 Å². The predicted molar refractivity (Wildman–Crippen MR) is 103 cm³/mol. The normalized spacial score (nSPS) is 16.7. The van der Waals surface area contributed by atoms with Crippen molar-refractivity contribution in [1.82, 2.24) is 4.98 Å². The number of esters is 1. The Morgan fingerprint density at radius 3 is 2.58 bits per heavy atom. The highest BCUT2D eigenvalue weighted by atomic mass is 32.1. The quantitative estimate of drug-likeness (QED) is 0.814. The van der Waals surface area contributed by atoms with Crippen molar-refractivity contribution >= 4 is 28.2 Å². The van der Waals surface area contributed by atoms with E-state index < -0.39 is 0 Å². The molecule has 0 saturated heterocycles. The van der Waals surface area contributed by atoms with E-state index in [9.17, 15) is 9.59 Å². The zero-order valence-electron chi connectivity index (χ0n) is 15.6. The van der Waals surface area contributed by atoms with Crippen molar-refractivity contribution in [2.24, 2.45) is 11.3 Å². The minimum atomic E-state index is -0.387. The van der Waals surface area contributed by atoms with Gasteiger partial charge >= 0.3 is 5.97 Å². The van der Waals surface area contributed by atoms with Crippen molar-refractivity contribution in [3.63, 3.8) is 0 Å². The van der Waals surface area contributed by atoms with Crippen LogP contribution < -0.4 is 5.32 Å². The molecule has 1 unspecified atom stereocenters. The number of carbonyl (C=O) groups excluding carboxylic acids is 2. The van der Waals surface area contributed by atoms with Gasteiger partial charge in [-0.15, -0.1) is 11.3 Å². The summed E-state index contributed by atoms with van der Waals surface area (Å²) in [6.45, 7) is 6.76. The number of ether oxygens (including phenoxy) is 1.